The first-order valence-electron chi connectivity index (χ1n) is 12.3. The lowest BCUT2D eigenvalue weighted by Crippen LogP contribution is -2.57. The van der Waals surface area contributed by atoms with Gasteiger partial charge in [0.05, 0.1) is 22.4 Å². The second kappa shape index (κ2) is 6.92. The van der Waals surface area contributed by atoms with E-state index in [0.717, 1.165) is 46.4 Å². The minimum Gasteiger partial charge on any atom is -0.293 e. The Morgan fingerprint density at radius 2 is 1.40 bits per heavy atom. The molecule has 2 spiro atoms. The lowest BCUT2D eigenvalue weighted by Gasteiger charge is -2.44. The molecular formula is C30H25N3O2. The average molecular weight is 460 g/mol. The monoisotopic (exact) mass is 459 g/mol. The fraction of sp³-hybridized carbons (Fsp3) is 0.267. The maximum Gasteiger partial charge on any atom is 0.180 e. The Labute approximate surface area is 203 Å². The Kier molecular flexibility index (Phi) is 4.09. The van der Waals surface area contributed by atoms with Crippen LogP contribution in [0, 0.1) is 11.3 Å². The van der Waals surface area contributed by atoms with E-state index >= 15 is 0 Å². The predicted octanol–water partition coefficient (Wildman–Crippen LogP) is 5.28. The molecule has 0 amide bonds. The molecule has 2 aliphatic carbocycles. The van der Waals surface area contributed by atoms with Crippen molar-refractivity contribution < 1.29 is 9.59 Å². The molecule has 0 unspecified atom stereocenters. The van der Waals surface area contributed by atoms with E-state index in [0.29, 0.717) is 17.7 Å². The van der Waals surface area contributed by atoms with Gasteiger partial charge in [-0.15, -0.1) is 0 Å². The second-order valence-corrected chi connectivity index (χ2v) is 10.0. The van der Waals surface area contributed by atoms with E-state index < -0.39 is 11.0 Å². The SMILES string of the molecule is CCC[C@H]1CN(C)[C@]2(c3ccccc3-c3nc4ccccc4nc32)C12C(=O)c1ccccc1C2=O. The van der Waals surface area contributed by atoms with Crippen LogP contribution in [-0.4, -0.2) is 40.0 Å². The van der Waals surface area contributed by atoms with Gasteiger partial charge in [0, 0.05) is 23.2 Å². The van der Waals surface area contributed by atoms with E-state index in [9.17, 15) is 9.59 Å². The largest absolute Gasteiger partial charge is 0.293 e. The van der Waals surface area contributed by atoms with E-state index in [1.165, 1.54) is 0 Å². The Morgan fingerprint density at radius 3 is 2.06 bits per heavy atom. The average Bonchev–Trinajstić information content (AvgIpc) is 3.41. The summed E-state index contributed by atoms with van der Waals surface area (Å²) in [6.45, 7) is 2.77. The van der Waals surface area contributed by atoms with Crippen LogP contribution in [0.2, 0.25) is 0 Å². The highest BCUT2D eigenvalue weighted by Crippen LogP contribution is 2.68. The first kappa shape index (κ1) is 20.7. The summed E-state index contributed by atoms with van der Waals surface area (Å²) < 4.78 is 0. The van der Waals surface area contributed by atoms with Crippen molar-refractivity contribution in [3.63, 3.8) is 0 Å². The highest BCUT2D eigenvalue weighted by Gasteiger charge is 2.77. The predicted molar refractivity (Wildman–Crippen MR) is 134 cm³/mol. The smallest absolute Gasteiger partial charge is 0.180 e. The number of Topliss-reactive ketones (excluding diaryl/α,β-unsaturated/α-hetero) is 2. The molecule has 5 heteroatoms. The number of rotatable bonds is 2. The van der Waals surface area contributed by atoms with Gasteiger partial charge in [-0.05, 0) is 37.1 Å². The number of hydrogen-bond acceptors (Lipinski definition) is 5. The van der Waals surface area contributed by atoms with E-state index in [1.807, 2.05) is 67.7 Å². The summed E-state index contributed by atoms with van der Waals surface area (Å²) in [7, 11) is 2.05. The van der Waals surface area contributed by atoms with Gasteiger partial charge in [0.1, 0.15) is 11.0 Å². The van der Waals surface area contributed by atoms with Crippen LogP contribution in [-0.2, 0) is 5.54 Å². The normalized spacial score (nSPS) is 23.9. The third kappa shape index (κ3) is 2.19. The summed E-state index contributed by atoms with van der Waals surface area (Å²) in [5.74, 6) is -0.269. The zero-order valence-electron chi connectivity index (χ0n) is 19.8. The van der Waals surface area contributed by atoms with E-state index in [2.05, 4.69) is 24.0 Å². The zero-order valence-corrected chi connectivity index (χ0v) is 19.8. The van der Waals surface area contributed by atoms with E-state index in [1.54, 1.807) is 0 Å². The standard InChI is InChI=1S/C30H25N3O2/c1-3-10-18-17-33(2)30(29(18)27(34)19-11-4-5-12-20(19)28(29)35)22-14-7-6-13-21(22)25-26(30)32-24-16-9-8-15-23(24)31-25/h4-9,11-16,18H,3,10,17H2,1-2H3/t18-,30-/m0/s1. The van der Waals surface area contributed by atoms with Crippen LogP contribution in [0.3, 0.4) is 0 Å². The zero-order chi connectivity index (χ0) is 23.9. The molecule has 0 saturated carbocycles. The van der Waals surface area contributed by atoms with E-state index in [-0.39, 0.29) is 17.5 Å². The molecule has 0 radical (unpaired) electrons. The van der Waals surface area contributed by atoms with Crippen molar-refractivity contribution >= 4 is 22.6 Å². The molecule has 35 heavy (non-hydrogen) atoms. The molecule has 3 aliphatic rings. The Morgan fingerprint density at radius 1 is 0.829 bits per heavy atom. The fourth-order valence-electron chi connectivity index (χ4n) is 7.32. The summed E-state index contributed by atoms with van der Waals surface area (Å²) in [5.41, 5.74) is 3.79. The van der Waals surface area contributed by atoms with Crippen molar-refractivity contribution in [3.05, 3.63) is 95.2 Å². The lowest BCUT2D eigenvalue weighted by molar-refractivity contribution is 0.0408. The van der Waals surface area contributed by atoms with Gasteiger partial charge in [-0.25, -0.2) is 9.97 Å². The van der Waals surface area contributed by atoms with Gasteiger partial charge in [-0.2, -0.15) is 0 Å². The molecule has 2 heterocycles. The maximum absolute atomic E-state index is 14.6. The number of ketones is 2. The summed E-state index contributed by atoms with van der Waals surface area (Å²) >= 11 is 0. The summed E-state index contributed by atoms with van der Waals surface area (Å²) in [5, 5.41) is 0. The number of benzene rings is 3. The van der Waals surface area contributed by atoms with Crippen LogP contribution >= 0.6 is 0 Å². The molecule has 1 fully saturated rings. The fourth-order valence-corrected chi connectivity index (χ4v) is 7.32. The van der Waals surface area contributed by atoms with Crippen LogP contribution in [0.15, 0.2) is 72.8 Å². The van der Waals surface area contributed by atoms with Crippen LogP contribution in [0.25, 0.3) is 22.3 Å². The molecular weight excluding hydrogens is 434 g/mol. The first-order valence-corrected chi connectivity index (χ1v) is 12.3. The van der Waals surface area contributed by atoms with Crippen LogP contribution in [0.5, 0.6) is 0 Å². The molecule has 172 valence electrons. The number of nitrogens with zero attached hydrogens (tertiary/aromatic N) is 3. The second-order valence-electron chi connectivity index (χ2n) is 10.0. The number of carbonyl (C=O) groups is 2. The first-order chi connectivity index (χ1) is 17.1. The van der Waals surface area contributed by atoms with Crippen molar-refractivity contribution in [1.82, 2.24) is 14.9 Å². The minimum atomic E-state index is -1.28. The van der Waals surface area contributed by atoms with Gasteiger partial charge >= 0.3 is 0 Å². The lowest BCUT2D eigenvalue weighted by atomic mass is 9.58. The third-order valence-electron chi connectivity index (χ3n) is 8.50. The minimum absolute atomic E-state index is 0.0708. The number of aromatic nitrogens is 2. The van der Waals surface area contributed by atoms with Gasteiger partial charge in [0.15, 0.2) is 11.6 Å². The number of likely N-dealkylation sites (tertiary alicyclic amines) is 1. The molecule has 1 aliphatic heterocycles. The maximum atomic E-state index is 14.6. The molecule has 0 N–H and O–H groups in total. The van der Waals surface area contributed by atoms with E-state index in [4.69, 9.17) is 9.97 Å². The number of para-hydroxylation sites is 2. The third-order valence-corrected chi connectivity index (χ3v) is 8.50. The van der Waals surface area contributed by atoms with Crippen molar-refractivity contribution in [1.29, 1.82) is 0 Å². The van der Waals surface area contributed by atoms with Gasteiger partial charge in [-0.3, -0.25) is 14.5 Å². The molecule has 7 rings (SSSR count). The topological polar surface area (TPSA) is 63.2 Å². The summed E-state index contributed by atoms with van der Waals surface area (Å²) in [6.07, 6.45) is 1.68. The van der Waals surface area contributed by atoms with Gasteiger partial charge in [-0.1, -0.05) is 74.0 Å². The number of hydrogen-bond donors (Lipinski definition) is 0. The molecule has 1 saturated heterocycles. The highest BCUT2D eigenvalue weighted by molar-refractivity contribution is 6.31. The number of fused-ring (bicyclic) bond motifs is 8. The van der Waals surface area contributed by atoms with Crippen molar-refractivity contribution in [2.24, 2.45) is 11.3 Å². The highest BCUT2D eigenvalue weighted by atomic mass is 16.2. The quantitative estimate of drug-likeness (QED) is 0.382. The van der Waals surface area contributed by atoms with Gasteiger partial charge in [0.2, 0.25) is 0 Å². The van der Waals surface area contributed by atoms with Gasteiger partial charge < -0.3 is 0 Å². The summed E-state index contributed by atoms with van der Waals surface area (Å²) in [6, 6.07) is 23.3. The van der Waals surface area contributed by atoms with Crippen molar-refractivity contribution in [2.75, 3.05) is 13.6 Å². The van der Waals surface area contributed by atoms with Crippen molar-refractivity contribution in [2.45, 2.75) is 25.3 Å². The Bertz CT molecular complexity index is 1540. The molecule has 3 aromatic carbocycles. The van der Waals surface area contributed by atoms with Crippen LogP contribution in [0.1, 0.15) is 51.7 Å². The molecule has 5 nitrogen and oxygen atoms in total. The molecule has 4 aromatic rings. The Hall–Kier alpha value is -3.70. The van der Waals surface area contributed by atoms with Crippen LogP contribution in [0.4, 0.5) is 0 Å². The van der Waals surface area contributed by atoms with Gasteiger partial charge in [0.25, 0.3) is 0 Å². The van der Waals surface area contributed by atoms with Crippen molar-refractivity contribution in [3.8, 4) is 11.3 Å². The number of carbonyl (C=O) groups excluding carboxylic acids is 2. The molecule has 0 bridgehead atoms. The summed E-state index contributed by atoms with van der Waals surface area (Å²) in [4.78, 5) is 41.7. The Balaban J connectivity index is 1.65. The molecule has 1 aromatic heterocycles. The molecule has 2 atom stereocenters. The van der Waals surface area contributed by atoms with Crippen LogP contribution < -0.4 is 0 Å².